The van der Waals surface area contributed by atoms with E-state index in [9.17, 15) is 0 Å². The fourth-order valence-electron chi connectivity index (χ4n) is 1.40. The summed E-state index contributed by atoms with van der Waals surface area (Å²) in [5.74, 6) is 0.900. The van der Waals surface area contributed by atoms with E-state index in [-0.39, 0.29) is 0 Å². The number of hydrogen-bond acceptors (Lipinski definition) is 5. The van der Waals surface area contributed by atoms with Crippen molar-refractivity contribution in [2.45, 2.75) is 10.8 Å². The number of thioether (sulfide) groups is 1. The van der Waals surface area contributed by atoms with Gasteiger partial charge in [-0.1, -0.05) is 65.1 Å². The first-order valence-electron chi connectivity index (χ1n) is 6.41. The van der Waals surface area contributed by atoms with Crippen LogP contribution in [0.4, 0.5) is 0 Å². The molecule has 8 heteroatoms. The molecule has 3 aromatic rings. The topological polar surface area (TPSA) is 51.6 Å². The van der Waals surface area contributed by atoms with Crippen LogP contribution in [0.15, 0.2) is 60.1 Å². The predicted molar refractivity (Wildman–Crippen MR) is 95.1 cm³/mol. The summed E-state index contributed by atoms with van der Waals surface area (Å²) < 4.78 is 0. The number of rotatable bonds is 3. The highest BCUT2D eigenvalue weighted by molar-refractivity contribution is 7.98. The molecule has 0 bridgehead atoms. The Bertz CT molecular complexity index is 688. The fourth-order valence-corrected chi connectivity index (χ4v) is 2.46. The Morgan fingerprint density at radius 3 is 1.70 bits per heavy atom. The van der Waals surface area contributed by atoms with E-state index >= 15 is 0 Å². The summed E-state index contributed by atoms with van der Waals surface area (Å²) in [7, 11) is 0. The van der Waals surface area contributed by atoms with Crippen molar-refractivity contribution in [1.82, 2.24) is 19.9 Å². The van der Waals surface area contributed by atoms with Gasteiger partial charge in [0.05, 0.1) is 24.8 Å². The molecular weight excluding hydrogens is 375 g/mol. The van der Waals surface area contributed by atoms with Gasteiger partial charge in [-0.25, -0.2) is 19.9 Å². The second-order valence-electron chi connectivity index (χ2n) is 4.11. The van der Waals surface area contributed by atoms with Gasteiger partial charge in [-0.05, 0) is 5.56 Å². The van der Waals surface area contributed by atoms with Crippen molar-refractivity contribution in [3.63, 3.8) is 0 Å². The summed E-state index contributed by atoms with van der Waals surface area (Å²) in [5.41, 5.74) is 1.28. The van der Waals surface area contributed by atoms with Crippen LogP contribution in [-0.4, -0.2) is 19.9 Å². The molecule has 0 saturated heterocycles. The fraction of sp³-hybridized carbons (Fsp3) is 0.0667. The van der Waals surface area contributed by atoms with E-state index in [2.05, 4.69) is 32.1 Å². The van der Waals surface area contributed by atoms with Crippen LogP contribution in [0.1, 0.15) is 5.56 Å². The van der Waals surface area contributed by atoms with E-state index in [1.54, 1.807) is 24.2 Å². The molecule has 0 spiro atoms. The molecule has 0 fully saturated rings. The van der Waals surface area contributed by atoms with Gasteiger partial charge in [0.1, 0.15) is 20.5 Å². The predicted octanol–water partition coefficient (Wildman–Crippen LogP) is 5.21. The molecule has 0 radical (unpaired) electrons. The zero-order valence-electron chi connectivity index (χ0n) is 11.7. The van der Waals surface area contributed by atoms with Crippen LogP contribution in [0.3, 0.4) is 0 Å². The lowest BCUT2D eigenvalue weighted by molar-refractivity contribution is 1.05. The molecule has 4 nitrogen and oxygen atoms in total. The highest BCUT2D eigenvalue weighted by Crippen LogP contribution is 2.20. The van der Waals surface area contributed by atoms with E-state index < -0.39 is 0 Å². The van der Waals surface area contributed by atoms with Crippen molar-refractivity contribution in [3.05, 3.63) is 76.1 Å². The second kappa shape index (κ2) is 9.67. The number of aromatic nitrogens is 4. The molecule has 0 aliphatic rings. The van der Waals surface area contributed by atoms with Crippen molar-refractivity contribution in [1.29, 1.82) is 0 Å². The number of nitrogens with zero attached hydrogens (tertiary/aromatic N) is 4. The molecule has 0 saturated carbocycles. The van der Waals surface area contributed by atoms with E-state index in [1.807, 2.05) is 18.2 Å². The van der Waals surface area contributed by atoms with Gasteiger partial charge in [-0.3, -0.25) is 0 Å². The van der Waals surface area contributed by atoms with Gasteiger partial charge >= 0.3 is 0 Å². The van der Waals surface area contributed by atoms with Crippen LogP contribution in [0.2, 0.25) is 15.5 Å². The Kier molecular flexibility index (Phi) is 7.55. The highest BCUT2D eigenvalue weighted by Gasteiger charge is 1.97. The Labute approximate surface area is 153 Å². The Balaban J connectivity index is 0.000000203. The zero-order valence-corrected chi connectivity index (χ0v) is 14.8. The van der Waals surface area contributed by atoms with Crippen LogP contribution in [-0.2, 0) is 5.75 Å². The first kappa shape index (κ1) is 17.9. The zero-order chi connectivity index (χ0) is 16.5. The largest absolute Gasteiger partial charge is 0.245 e. The van der Waals surface area contributed by atoms with Gasteiger partial charge in [-0.15, -0.1) is 11.8 Å². The maximum Gasteiger partial charge on any atom is 0.147 e. The van der Waals surface area contributed by atoms with E-state index in [0.29, 0.717) is 15.5 Å². The number of hydrogen-bond donors (Lipinski definition) is 0. The van der Waals surface area contributed by atoms with Gasteiger partial charge in [-0.2, -0.15) is 0 Å². The minimum atomic E-state index is 0.356. The normalized spacial score (nSPS) is 9.87. The Morgan fingerprint density at radius 1 is 0.696 bits per heavy atom. The minimum absolute atomic E-state index is 0.356. The Morgan fingerprint density at radius 2 is 1.22 bits per heavy atom. The lowest BCUT2D eigenvalue weighted by atomic mass is 10.2. The lowest BCUT2D eigenvalue weighted by Crippen LogP contribution is -1.84. The molecule has 118 valence electrons. The molecular formula is C15H11Cl3N4S. The third kappa shape index (κ3) is 7.14. The molecule has 0 N–H and O–H groups in total. The van der Waals surface area contributed by atoms with Crippen molar-refractivity contribution in [2.75, 3.05) is 0 Å². The standard InChI is InChI=1S/C11H9ClN2S.C4H2Cl2N2/c12-10-6-14-11(7-13-10)15-8-9-4-2-1-3-5-9;5-3-1-7-4(6)2-8-3/h1-7H,8H2;1-2H. The maximum atomic E-state index is 5.65. The van der Waals surface area contributed by atoms with Crippen LogP contribution in [0.5, 0.6) is 0 Å². The van der Waals surface area contributed by atoms with Crippen LogP contribution in [0.25, 0.3) is 0 Å². The summed E-state index contributed by atoms with van der Waals surface area (Å²) in [5, 5.41) is 2.03. The van der Waals surface area contributed by atoms with Crippen LogP contribution < -0.4 is 0 Å². The van der Waals surface area contributed by atoms with Gasteiger partial charge in [0.25, 0.3) is 0 Å². The Hall–Kier alpha value is -1.40. The summed E-state index contributed by atoms with van der Waals surface area (Å²) in [4.78, 5) is 15.4. The molecule has 0 aliphatic carbocycles. The molecule has 2 heterocycles. The highest BCUT2D eigenvalue weighted by atomic mass is 35.5. The van der Waals surface area contributed by atoms with E-state index in [0.717, 1.165) is 10.8 Å². The quantitative estimate of drug-likeness (QED) is 0.580. The van der Waals surface area contributed by atoms with Crippen molar-refractivity contribution in [2.24, 2.45) is 0 Å². The third-order valence-corrected chi connectivity index (χ3v) is 3.98. The average molecular weight is 386 g/mol. The average Bonchev–Trinajstić information content (AvgIpc) is 2.59. The third-order valence-electron chi connectivity index (χ3n) is 2.42. The van der Waals surface area contributed by atoms with Crippen molar-refractivity contribution >= 4 is 46.6 Å². The lowest BCUT2D eigenvalue weighted by Gasteiger charge is -2.00. The second-order valence-corrected chi connectivity index (χ2v) is 6.27. The first-order valence-corrected chi connectivity index (χ1v) is 8.53. The summed E-state index contributed by atoms with van der Waals surface area (Å²) >= 11 is 18.1. The van der Waals surface area contributed by atoms with E-state index in [4.69, 9.17) is 34.8 Å². The molecule has 0 atom stereocenters. The molecule has 2 aromatic heterocycles. The maximum absolute atomic E-state index is 5.65. The van der Waals surface area contributed by atoms with E-state index in [1.165, 1.54) is 18.0 Å². The van der Waals surface area contributed by atoms with Crippen LogP contribution in [0, 0.1) is 0 Å². The number of halogens is 3. The van der Waals surface area contributed by atoms with Gasteiger partial charge in [0.2, 0.25) is 0 Å². The van der Waals surface area contributed by atoms with Crippen molar-refractivity contribution < 1.29 is 0 Å². The first-order chi connectivity index (χ1) is 11.1. The number of benzene rings is 1. The molecule has 23 heavy (non-hydrogen) atoms. The summed E-state index contributed by atoms with van der Waals surface area (Å²) in [6.07, 6.45) is 6.04. The monoisotopic (exact) mass is 384 g/mol. The molecule has 0 aliphatic heterocycles. The van der Waals surface area contributed by atoms with Gasteiger partial charge in [0, 0.05) is 5.75 Å². The molecule has 1 aromatic carbocycles. The molecule has 0 unspecified atom stereocenters. The summed E-state index contributed by atoms with van der Waals surface area (Å²) in [6.45, 7) is 0. The summed E-state index contributed by atoms with van der Waals surface area (Å²) in [6, 6.07) is 10.3. The van der Waals surface area contributed by atoms with Gasteiger partial charge < -0.3 is 0 Å². The minimum Gasteiger partial charge on any atom is -0.245 e. The molecule has 3 rings (SSSR count). The smallest absolute Gasteiger partial charge is 0.147 e. The van der Waals surface area contributed by atoms with Crippen LogP contribution >= 0.6 is 46.6 Å². The molecule has 0 amide bonds. The van der Waals surface area contributed by atoms with Crippen molar-refractivity contribution in [3.8, 4) is 0 Å². The SMILES string of the molecule is Clc1cnc(Cl)cn1.Clc1cnc(SCc2ccccc2)cn1. The van der Waals surface area contributed by atoms with Gasteiger partial charge in [0.15, 0.2) is 0 Å².